The molecule has 0 spiro atoms. The lowest BCUT2D eigenvalue weighted by molar-refractivity contribution is -0.0469. The van der Waals surface area contributed by atoms with Crippen LogP contribution in [0.1, 0.15) is 41.6 Å². The Morgan fingerprint density at radius 1 is 1.13 bits per heavy atom. The lowest BCUT2D eigenvalue weighted by Crippen LogP contribution is -2.50. The van der Waals surface area contributed by atoms with Crippen LogP contribution in [0.25, 0.3) is 0 Å². The van der Waals surface area contributed by atoms with E-state index in [9.17, 15) is 14.3 Å². The highest BCUT2D eigenvalue weighted by Gasteiger charge is 2.31. The number of ether oxygens (including phenoxy) is 1. The number of phenolic OH excluding ortho intramolecular Hbond substituents is 1. The van der Waals surface area contributed by atoms with E-state index < -0.39 is 0 Å². The number of rotatable bonds is 6. The van der Waals surface area contributed by atoms with Crippen LogP contribution in [-0.2, 0) is 11.3 Å². The van der Waals surface area contributed by atoms with Gasteiger partial charge in [-0.15, -0.1) is 0 Å². The zero-order chi connectivity index (χ0) is 20.9. The first-order chi connectivity index (χ1) is 14.6. The number of aromatic hydroxyl groups is 1. The SMILES string of the molecule is O=C(c1ccc(F)cc1)N(CC1CN(Cc2ccccc2O)CCO1)C1CCCC1. The summed E-state index contributed by atoms with van der Waals surface area (Å²) in [6.07, 6.45) is 4.17. The number of morpholine rings is 1. The number of hydrogen-bond acceptors (Lipinski definition) is 4. The van der Waals surface area contributed by atoms with Gasteiger partial charge in [0.05, 0.1) is 12.7 Å². The largest absolute Gasteiger partial charge is 0.508 e. The molecule has 1 aliphatic carbocycles. The third-order valence-electron chi connectivity index (χ3n) is 6.13. The van der Waals surface area contributed by atoms with Crippen LogP contribution in [0.5, 0.6) is 5.75 Å². The van der Waals surface area contributed by atoms with Gasteiger partial charge in [-0.1, -0.05) is 31.0 Å². The zero-order valence-electron chi connectivity index (χ0n) is 17.2. The van der Waals surface area contributed by atoms with Crippen molar-refractivity contribution in [3.63, 3.8) is 0 Å². The van der Waals surface area contributed by atoms with Crippen molar-refractivity contribution in [2.45, 2.75) is 44.4 Å². The van der Waals surface area contributed by atoms with Crippen LogP contribution in [0.2, 0.25) is 0 Å². The molecule has 30 heavy (non-hydrogen) atoms. The van der Waals surface area contributed by atoms with E-state index in [2.05, 4.69) is 4.90 Å². The summed E-state index contributed by atoms with van der Waals surface area (Å²) in [6.45, 7) is 3.27. The van der Waals surface area contributed by atoms with Gasteiger partial charge in [0, 0.05) is 43.3 Å². The molecule has 1 saturated heterocycles. The summed E-state index contributed by atoms with van der Waals surface area (Å²) >= 11 is 0. The van der Waals surface area contributed by atoms with Crippen molar-refractivity contribution in [2.75, 3.05) is 26.2 Å². The Hall–Kier alpha value is -2.44. The Morgan fingerprint density at radius 2 is 1.87 bits per heavy atom. The molecule has 1 aliphatic heterocycles. The van der Waals surface area contributed by atoms with Crippen molar-refractivity contribution < 1.29 is 19.0 Å². The van der Waals surface area contributed by atoms with Crippen molar-refractivity contribution in [1.29, 1.82) is 0 Å². The molecule has 1 N–H and O–H groups in total. The molecule has 1 atom stereocenters. The van der Waals surface area contributed by atoms with Gasteiger partial charge in [-0.3, -0.25) is 9.69 Å². The lowest BCUT2D eigenvalue weighted by Gasteiger charge is -2.38. The van der Waals surface area contributed by atoms with Gasteiger partial charge in [-0.25, -0.2) is 4.39 Å². The molecular weight excluding hydrogens is 383 g/mol. The molecule has 5 nitrogen and oxygen atoms in total. The van der Waals surface area contributed by atoms with Gasteiger partial charge in [0.15, 0.2) is 0 Å². The van der Waals surface area contributed by atoms with Crippen molar-refractivity contribution >= 4 is 5.91 Å². The fourth-order valence-electron chi connectivity index (χ4n) is 4.51. The monoisotopic (exact) mass is 412 g/mol. The fourth-order valence-corrected chi connectivity index (χ4v) is 4.51. The second-order valence-electron chi connectivity index (χ2n) is 8.26. The number of carbonyl (C=O) groups is 1. The molecule has 1 amide bonds. The van der Waals surface area contributed by atoms with Crippen LogP contribution in [0.15, 0.2) is 48.5 Å². The summed E-state index contributed by atoms with van der Waals surface area (Å²) in [5.74, 6) is -0.0858. The van der Waals surface area contributed by atoms with E-state index in [0.717, 1.165) is 37.8 Å². The maximum atomic E-state index is 13.3. The molecule has 2 fully saturated rings. The summed E-state index contributed by atoms with van der Waals surface area (Å²) in [5.41, 5.74) is 1.42. The quantitative estimate of drug-likeness (QED) is 0.784. The van der Waals surface area contributed by atoms with E-state index in [-0.39, 0.29) is 23.9 Å². The summed E-state index contributed by atoms with van der Waals surface area (Å²) in [5, 5.41) is 10.1. The number of amides is 1. The average molecular weight is 413 g/mol. The van der Waals surface area contributed by atoms with E-state index in [1.54, 1.807) is 18.2 Å². The minimum absolute atomic E-state index is 0.0525. The maximum Gasteiger partial charge on any atom is 0.254 e. The van der Waals surface area contributed by atoms with E-state index in [0.29, 0.717) is 37.6 Å². The van der Waals surface area contributed by atoms with Gasteiger partial charge in [-0.2, -0.15) is 0 Å². The van der Waals surface area contributed by atoms with Gasteiger partial charge in [-0.05, 0) is 43.2 Å². The second-order valence-corrected chi connectivity index (χ2v) is 8.26. The first kappa shape index (κ1) is 20.8. The lowest BCUT2D eigenvalue weighted by atomic mass is 10.1. The molecule has 0 aromatic heterocycles. The van der Waals surface area contributed by atoms with E-state index >= 15 is 0 Å². The Bertz CT molecular complexity index is 852. The van der Waals surface area contributed by atoms with Crippen LogP contribution in [0.3, 0.4) is 0 Å². The molecule has 1 unspecified atom stereocenters. The number of benzene rings is 2. The normalized spacial score (nSPS) is 20.4. The van der Waals surface area contributed by atoms with Crippen molar-refractivity contribution in [3.05, 3.63) is 65.5 Å². The maximum absolute atomic E-state index is 13.3. The highest BCUT2D eigenvalue weighted by atomic mass is 19.1. The molecule has 1 heterocycles. The molecule has 160 valence electrons. The van der Waals surface area contributed by atoms with Crippen LogP contribution in [0, 0.1) is 5.82 Å². The molecule has 2 aliphatic rings. The van der Waals surface area contributed by atoms with Crippen LogP contribution in [0.4, 0.5) is 4.39 Å². The van der Waals surface area contributed by atoms with Gasteiger partial charge in [0.1, 0.15) is 11.6 Å². The van der Waals surface area contributed by atoms with Crippen molar-refractivity contribution in [1.82, 2.24) is 9.80 Å². The summed E-state index contributed by atoms with van der Waals surface area (Å²) in [7, 11) is 0. The van der Waals surface area contributed by atoms with Crippen LogP contribution >= 0.6 is 0 Å². The third-order valence-corrected chi connectivity index (χ3v) is 6.13. The van der Waals surface area contributed by atoms with Crippen LogP contribution in [-0.4, -0.2) is 59.2 Å². The Labute approximate surface area is 177 Å². The first-order valence-electron chi connectivity index (χ1n) is 10.8. The zero-order valence-corrected chi connectivity index (χ0v) is 17.2. The van der Waals surface area contributed by atoms with E-state index in [1.807, 2.05) is 23.1 Å². The van der Waals surface area contributed by atoms with Gasteiger partial charge in [0.2, 0.25) is 0 Å². The summed E-state index contributed by atoms with van der Waals surface area (Å²) in [4.78, 5) is 17.4. The predicted octanol–water partition coefficient (Wildman–Crippen LogP) is 3.82. The first-order valence-corrected chi connectivity index (χ1v) is 10.8. The van der Waals surface area contributed by atoms with Crippen molar-refractivity contribution in [2.24, 2.45) is 0 Å². The average Bonchev–Trinajstić information content (AvgIpc) is 3.29. The van der Waals surface area contributed by atoms with Crippen LogP contribution < -0.4 is 0 Å². The van der Waals surface area contributed by atoms with Crippen molar-refractivity contribution in [3.8, 4) is 5.75 Å². The molecule has 0 bridgehead atoms. The number of phenols is 1. The van der Waals surface area contributed by atoms with Gasteiger partial charge >= 0.3 is 0 Å². The minimum atomic E-state index is -0.339. The Kier molecular flexibility index (Phi) is 6.65. The van der Waals surface area contributed by atoms with E-state index in [4.69, 9.17) is 4.74 Å². The standard InChI is InChI=1S/C24H29FN2O3/c25-20-11-9-18(10-12-20)24(29)27(21-6-2-3-7-21)17-22-16-26(13-14-30-22)15-19-5-1-4-8-23(19)28/h1,4-5,8-12,21-22,28H,2-3,6-7,13-17H2. The molecule has 2 aromatic rings. The Balaban J connectivity index is 1.44. The van der Waals surface area contributed by atoms with E-state index in [1.165, 1.54) is 12.1 Å². The fraction of sp³-hybridized carbons (Fsp3) is 0.458. The highest BCUT2D eigenvalue weighted by Crippen LogP contribution is 2.26. The van der Waals surface area contributed by atoms with Gasteiger partial charge in [0.25, 0.3) is 5.91 Å². The number of halogens is 1. The molecular formula is C24H29FN2O3. The number of carbonyl (C=O) groups excluding carboxylic acids is 1. The highest BCUT2D eigenvalue weighted by molar-refractivity contribution is 5.94. The summed E-state index contributed by atoms with van der Waals surface area (Å²) < 4.78 is 19.3. The minimum Gasteiger partial charge on any atom is -0.508 e. The van der Waals surface area contributed by atoms with Gasteiger partial charge < -0.3 is 14.7 Å². The summed E-state index contributed by atoms with van der Waals surface area (Å²) in [6, 6.07) is 13.4. The number of hydrogen-bond donors (Lipinski definition) is 1. The predicted molar refractivity (Wildman–Crippen MR) is 113 cm³/mol. The molecule has 2 aromatic carbocycles. The molecule has 4 rings (SSSR count). The number of para-hydroxylation sites is 1. The third kappa shape index (κ3) is 4.99. The smallest absolute Gasteiger partial charge is 0.254 e. The molecule has 1 saturated carbocycles. The number of nitrogens with zero attached hydrogens (tertiary/aromatic N) is 2. The Morgan fingerprint density at radius 3 is 2.60 bits per heavy atom. The molecule has 0 radical (unpaired) electrons. The molecule has 6 heteroatoms. The second kappa shape index (κ2) is 9.58. The topological polar surface area (TPSA) is 53.0 Å².